The van der Waals surface area contributed by atoms with Crippen LogP contribution in [-0.2, 0) is 9.59 Å². The number of anilines is 1. The molecule has 0 unspecified atom stereocenters. The molecule has 0 saturated heterocycles. The summed E-state index contributed by atoms with van der Waals surface area (Å²) in [6, 6.07) is 3.64. The molecule has 1 amide bonds. The van der Waals surface area contributed by atoms with Crippen LogP contribution in [0.4, 0.5) is 10.1 Å². The Labute approximate surface area is 103 Å². The van der Waals surface area contributed by atoms with Crippen molar-refractivity contribution >= 4 is 23.2 Å². The average Bonchev–Trinajstić information content (AvgIpc) is 2.53. The minimum atomic E-state index is -0.654. The highest BCUT2D eigenvalue weighted by Crippen LogP contribution is 2.29. The standard InChI is InChI=1S/C13H12FNO3/c1-8(16)3-2-6-15-11-7-9(14)4-5-10(11)12(17)13(15)18/h4-5,7H,2-3,6H2,1H3. The third kappa shape index (κ3) is 2.16. The molecule has 5 heteroatoms. The number of carbonyl (C=O) groups excluding carboxylic acids is 3. The quantitative estimate of drug-likeness (QED) is 0.763. The fraction of sp³-hybridized carbons (Fsp3) is 0.308. The van der Waals surface area contributed by atoms with Gasteiger partial charge in [0.05, 0.1) is 11.3 Å². The average molecular weight is 249 g/mol. The molecular weight excluding hydrogens is 237 g/mol. The molecule has 1 aromatic carbocycles. The second-order valence-electron chi connectivity index (χ2n) is 4.25. The third-order valence-electron chi connectivity index (χ3n) is 2.85. The summed E-state index contributed by atoms with van der Waals surface area (Å²) in [5.41, 5.74) is 0.526. The predicted octanol–water partition coefficient (Wildman–Crippen LogP) is 1.72. The van der Waals surface area contributed by atoms with Gasteiger partial charge in [0.1, 0.15) is 11.6 Å². The highest BCUT2D eigenvalue weighted by molar-refractivity contribution is 6.52. The van der Waals surface area contributed by atoms with Crippen molar-refractivity contribution in [2.45, 2.75) is 19.8 Å². The monoisotopic (exact) mass is 249 g/mol. The van der Waals surface area contributed by atoms with E-state index in [0.29, 0.717) is 18.5 Å². The molecule has 0 aromatic heterocycles. The fourth-order valence-corrected chi connectivity index (χ4v) is 1.98. The van der Waals surface area contributed by atoms with E-state index in [1.165, 1.54) is 24.0 Å². The fourth-order valence-electron chi connectivity index (χ4n) is 1.98. The molecule has 0 bridgehead atoms. The van der Waals surface area contributed by atoms with Gasteiger partial charge in [-0.3, -0.25) is 9.59 Å². The lowest BCUT2D eigenvalue weighted by Gasteiger charge is -2.15. The van der Waals surface area contributed by atoms with E-state index in [9.17, 15) is 18.8 Å². The number of carbonyl (C=O) groups is 3. The molecule has 0 spiro atoms. The smallest absolute Gasteiger partial charge is 0.299 e. The zero-order chi connectivity index (χ0) is 13.3. The Kier molecular flexibility index (Phi) is 3.23. The van der Waals surface area contributed by atoms with Crippen LogP contribution < -0.4 is 4.90 Å². The molecule has 1 heterocycles. The number of ketones is 2. The summed E-state index contributed by atoms with van der Waals surface area (Å²) < 4.78 is 13.1. The van der Waals surface area contributed by atoms with Crippen LogP contribution in [0.1, 0.15) is 30.1 Å². The number of rotatable bonds is 4. The van der Waals surface area contributed by atoms with E-state index >= 15 is 0 Å². The van der Waals surface area contributed by atoms with Crippen molar-refractivity contribution in [3.05, 3.63) is 29.6 Å². The first-order valence-electron chi connectivity index (χ1n) is 5.66. The van der Waals surface area contributed by atoms with Crippen molar-refractivity contribution in [2.24, 2.45) is 0 Å². The van der Waals surface area contributed by atoms with E-state index in [1.54, 1.807) is 0 Å². The van der Waals surface area contributed by atoms with E-state index in [-0.39, 0.29) is 17.9 Å². The van der Waals surface area contributed by atoms with E-state index in [2.05, 4.69) is 0 Å². The third-order valence-corrected chi connectivity index (χ3v) is 2.85. The summed E-state index contributed by atoms with van der Waals surface area (Å²) in [5, 5.41) is 0. The number of halogens is 1. The molecule has 0 atom stereocenters. The zero-order valence-corrected chi connectivity index (χ0v) is 9.90. The van der Waals surface area contributed by atoms with Crippen LogP contribution in [0.2, 0.25) is 0 Å². The van der Waals surface area contributed by atoms with Crippen molar-refractivity contribution in [2.75, 3.05) is 11.4 Å². The van der Waals surface area contributed by atoms with E-state index in [0.717, 1.165) is 6.07 Å². The number of hydrogen-bond acceptors (Lipinski definition) is 3. The number of fused-ring (bicyclic) bond motifs is 1. The second-order valence-corrected chi connectivity index (χ2v) is 4.25. The lowest BCUT2D eigenvalue weighted by atomic mass is 10.1. The van der Waals surface area contributed by atoms with Gasteiger partial charge in [0, 0.05) is 13.0 Å². The first-order chi connectivity index (χ1) is 8.50. The molecule has 4 nitrogen and oxygen atoms in total. The number of amides is 1. The summed E-state index contributed by atoms with van der Waals surface area (Å²) >= 11 is 0. The SMILES string of the molecule is CC(=O)CCCN1C(=O)C(=O)c2ccc(F)cc21. The molecule has 2 rings (SSSR count). The van der Waals surface area contributed by atoms with Gasteiger partial charge in [-0.1, -0.05) is 0 Å². The summed E-state index contributed by atoms with van der Waals surface area (Å²) in [7, 11) is 0. The number of nitrogens with zero attached hydrogens (tertiary/aromatic N) is 1. The molecule has 94 valence electrons. The largest absolute Gasteiger partial charge is 0.305 e. The minimum Gasteiger partial charge on any atom is -0.305 e. The van der Waals surface area contributed by atoms with Crippen molar-refractivity contribution < 1.29 is 18.8 Å². The Hall–Kier alpha value is -2.04. The molecule has 1 aliphatic heterocycles. The molecule has 0 radical (unpaired) electrons. The van der Waals surface area contributed by atoms with Crippen LogP contribution in [0.25, 0.3) is 0 Å². The van der Waals surface area contributed by atoms with E-state index < -0.39 is 17.5 Å². The highest BCUT2D eigenvalue weighted by atomic mass is 19.1. The normalized spacial score (nSPS) is 14.0. The maximum absolute atomic E-state index is 13.1. The van der Waals surface area contributed by atoms with Crippen molar-refractivity contribution in [3.8, 4) is 0 Å². The molecule has 0 fully saturated rings. The topological polar surface area (TPSA) is 54.5 Å². The van der Waals surface area contributed by atoms with Crippen molar-refractivity contribution in [3.63, 3.8) is 0 Å². The zero-order valence-electron chi connectivity index (χ0n) is 9.90. The highest BCUT2D eigenvalue weighted by Gasteiger charge is 2.35. The van der Waals surface area contributed by atoms with Crippen LogP contribution >= 0.6 is 0 Å². The first-order valence-corrected chi connectivity index (χ1v) is 5.66. The van der Waals surface area contributed by atoms with E-state index in [4.69, 9.17) is 0 Å². The molecule has 1 aromatic rings. The Morgan fingerprint density at radius 3 is 2.72 bits per heavy atom. The van der Waals surface area contributed by atoms with Crippen LogP contribution in [0.3, 0.4) is 0 Å². The molecular formula is C13H12FNO3. The Bertz CT molecular complexity index is 539. The predicted molar refractivity (Wildman–Crippen MR) is 63.0 cm³/mol. The first kappa shape index (κ1) is 12.4. The van der Waals surface area contributed by atoms with Gasteiger partial charge in [0.25, 0.3) is 11.7 Å². The molecule has 1 aliphatic rings. The van der Waals surface area contributed by atoms with Crippen molar-refractivity contribution in [1.82, 2.24) is 0 Å². The molecule has 0 aliphatic carbocycles. The number of Topliss-reactive ketones (excluding diaryl/α,β-unsaturated/α-hetero) is 2. The van der Waals surface area contributed by atoms with Gasteiger partial charge in [-0.25, -0.2) is 4.39 Å². The van der Waals surface area contributed by atoms with Gasteiger partial charge in [0.15, 0.2) is 0 Å². The van der Waals surface area contributed by atoms with Gasteiger partial charge < -0.3 is 9.69 Å². The van der Waals surface area contributed by atoms with Gasteiger partial charge in [-0.2, -0.15) is 0 Å². The number of benzene rings is 1. The molecule has 0 saturated carbocycles. The maximum Gasteiger partial charge on any atom is 0.299 e. The van der Waals surface area contributed by atoms with Gasteiger partial charge in [-0.05, 0) is 31.5 Å². The summed E-state index contributed by atoms with van der Waals surface area (Å²) in [4.78, 5) is 35.4. The summed E-state index contributed by atoms with van der Waals surface area (Å²) in [5.74, 6) is -1.74. The van der Waals surface area contributed by atoms with Crippen LogP contribution in [0, 0.1) is 5.82 Å². The lowest BCUT2D eigenvalue weighted by Crippen LogP contribution is -2.30. The Morgan fingerprint density at radius 1 is 1.33 bits per heavy atom. The van der Waals surface area contributed by atoms with Crippen LogP contribution in [0.5, 0.6) is 0 Å². The van der Waals surface area contributed by atoms with Crippen molar-refractivity contribution in [1.29, 1.82) is 0 Å². The van der Waals surface area contributed by atoms with Crippen LogP contribution in [-0.4, -0.2) is 24.0 Å². The minimum absolute atomic E-state index is 0.0208. The summed E-state index contributed by atoms with van der Waals surface area (Å²) in [6.07, 6.45) is 0.799. The molecule has 0 N–H and O–H groups in total. The Balaban J connectivity index is 2.22. The lowest BCUT2D eigenvalue weighted by molar-refractivity contribution is -0.117. The van der Waals surface area contributed by atoms with Crippen LogP contribution in [0.15, 0.2) is 18.2 Å². The second kappa shape index (κ2) is 4.68. The Morgan fingerprint density at radius 2 is 2.06 bits per heavy atom. The maximum atomic E-state index is 13.1. The number of hydrogen-bond donors (Lipinski definition) is 0. The summed E-state index contributed by atoms with van der Waals surface area (Å²) in [6.45, 7) is 1.71. The van der Waals surface area contributed by atoms with Gasteiger partial charge >= 0.3 is 0 Å². The van der Waals surface area contributed by atoms with Gasteiger partial charge in [0.2, 0.25) is 0 Å². The van der Waals surface area contributed by atoms with E-state index in [1.807, 2.05) is 0 Å². The molecule has 18 heavy (non-hydrogen) atoms. The van der Waals surface area contributed by atoms with Gasteiger partial charge in [-0.15, -0.1) is 0 Å².